The average molecular weight is 466 g/mol. The van der Waals surface area contributed by atoms with Gasteiger partial charge in [-0.3, -0.25) is 14.4 Å². The molecule has 170 valence electrons. The van der Waals surface area contributed by atoms with Crippen LogP contribution < -0.4 is 10.5 Å². The molecular weight excluding hydrogens is 442 g/mol. The minimum Gasteiger partial charge on any atom is -0.379 e. The van der Waals surface area contributed by atoms with Crippen molar-refractivity contribution in [3.05, 3.63) is 66.0 Å². The van der Waals surface area contributed by atoms with E-state index >= 15 is 0 Å². The Morgan fingerprint density at radius 2 is 1.85 bits per heavy atom. The Bertz CT molecular complexity index is 1440. The summed E-state index contributed by atoms with van der Waals surface area (Å²) in [7, 11) is -3.82. The molecule has 0 bridgehead atoms. The Balaban J connectivity index is 1.40. The van der Waals surface area contributed by atoms with Gasteiger partial charge in [0.15, 0.2) is 5.69 Å². The number of rotatable bonds is 6. The molecule has 0 radical (unpaired) electrons. The van der Waals surface area contributed by atoms with Crippen LogP contribution in [0.2, 0.25) is 0 Å². The highest BCUT2D eigenvalue weighted by molar-refractivity contribution is 7.92. The van der Waals surface area contributed by atoms with Crippen molar-refractivity contribution in [3.8, 4) is 0 Å². The molecule has 2 aromatic carbocycles. The van der Waals surface area contributed by atoms with E-state index < -0.39 is 15.9 Å². The predicted molar refractivity (Wildman–Crippen MR) is 125 cm³/mol. The van der Waals surface area contributed by atoms with Crippen LogP contribution in [0.4, 0.5) is 5.69 Å². The van der Waals surface area contributed by atoms with Crippen molar-refractivity contribution in [2.75, 3.05) is 31.0 Å². The summed E-state index contributed by atoms with van der Waals surface area (Å²) in [5, 5.41) is 1.34. The average Bonchev–Trinajstić information content (AvgIpc) is 3.19. The molecule has 4 N–H and O–H groups in total. The van der Waals surface area contributed by atoms with E-state index in [4.69, 9.17) is 10.5 Å². The van der Waals surface area contributed by atoms with E-state index in [-0.39, 0.29) is 10.6 Å². The van der Waals surface area contributed by atoms with Gasteiger partial charge in [0, 0.05) is 47.8 Å². The standard InChI is InChI=1S/C23H23N5O4S/c24-23(29)22-21-18(7-8-25-22)19-13-17(5-6-20(19)26-21)33(30,31)27-16-3-1-15(2-4-16)14-28-9-11-32-12-10-28/h1-8,13,26-27H,9-12,14H2,(H2,24,29). The Morgan fingerprint density at radius 3 is 2.58 bits per heavy atom. The lowest BCUT2D eigenvalue weighted by atomic mass is 10.1. The van der Waals surface area contributed by atoms with E-state index in [1.807, 2.05) is 12.1 Å². The molecule has 0 aliphatic carbocycles. The molecule has 1 saturated heterocycles. The third kappa shape index (κ3) is 4.28. The van der Waals surface area contributed by atoms with Gasteiger partial charge < -0.3 is 15.5 Å². The van der Waals surface area contributed by atoms with E-state index in [0.717, 1.165) is 38.4 Å². The summed E-state index contributed by atoms with van der Waals surface area (Å²) in [6.45, 7) is 4.05. The number of carbonyl (C=O) groups is 1. The number of hydrogen-bond donors (Lipinski definition) is 3. The number of benzene rings is 2. The molecule has 2 aromatic heterocycles. The van der Waals surface area contributed by atoms with Crippen LogP contribution >= 0.6 is 0 Å². The van der Waals surface area contributed by atoms with Gasteiger partial charge in [-0.05, 0) is 42.0 Å². The molecule has 0 saturated carbocycles. The second kappa shape index (κ2) is 8.47. The fourth-order valence-electron chi connectivity index (χ4n) is 4.07. The number of carbonyl (C=O) groups excluding carboxylic acids is 1. The second-order valence-electron chi connectivity index (χ2n) is 7.97. The number of sulfonamides is 1. The van der Waals surface area contributed by atoms with Crippen molar-refractivity contribution in [2.24, 2.45) is 5.73 Å². The maximum Gasteiger partial charge on any atom is 0.269 e. The Labute approximate surface area is 190 Å². The smallest absolute Gasteiger partial charge is 0.269 e. The molecule has 0 spiro atoms. The molecule has 1 fully saturated rings. The summed E-state index contributed by atoms with van der Waals surface area (Å²) in [5.41, 5.74) is 8.30. The number of morpholine rings is 1. The lowest BCUT2D eigenvalue weighted by molar-refractivity contribution is 0.0342. The second-order valence-corrected chi connectivity index (χ2v) is 9.65. The van der Waals surface area contributed by atoms with Gasteiger partial charge in [0.25, 0.3) is 15.9 Å². The van der Waals surface area contributed by atoms with Gasteiger partial charge >= 0.3 is 0 Å². The van der Waals surface area contributed by atoms with Gasteiger partial charge in [0.05, 0.1) is 23.6 Å². The molecule has 4 aromatic rings. The first kappa shape index (κ1) is 21.4. The van der Waals surface area contributed by atoms with E-state index in [2.05, 4.69) is 19.6 Å². The highest BCUT2D eigenvalue weighted by Gasteiger charge is 2.18. The number of H-pyrrole nitrogens is 1. The SMILES string of the molecule is NC(=O)c1nccc2c1[nH]c1ccc(S(=O)(=O)Nc3ccc(CN4CCOCC4)cc3)cc12. The Hall–Kier alpha value is -3.47. The number of ether oxygens (including phenoxy) is 1. The van der Waals surface area contributed by atoms with E-state index in [1.165, 1.54) is 12.3 Å². The third-order valence-electron chi connectivity index (χ3n) is 5.75. The fourth-order valence-corrected chi connectivity index (χ4v) is 5.15. The molecule has 1 aliphatic rings. The predicted octanol–water partition coefficient (Wildman–Crippen LogP) is 2.45. The van der Waals surface area contributed by atoms with Crippen LogP contribution in [-0.4, -0.2) is 55.5 Å². The monoisotopic (exact) mass is 465 g/mol. The molecule has 9 nitrogen and oxygen atoms in total. The van der Waals surface area contributed by atoms with Gasteiger partial charge in [-0.2, -0.15) is 0 Å². The van der Waals surface area contributed by atoms with Crippen LogP contribution in [0, 0.1) is 0 Å². The summed E-state index contributed by atoms with van der Waals surface area (Å²) in [6, 6.07) is 13.9. The number of fused-ring (bicyclic) bond motifs is 3. The molecule has 10 heteroatoms. The summed E-state index contributed by atoms with van der Waals surface area (Å²) in [6.07, 6.45) is 1.48. The highest BCUT2D eigenvalue weighted by atomic mass is 32.2. The minimum absolute atomic E-state index is 0.114. The zero-order valence-corrected chi connectivity index (χ0v) is 18.6. The number of aromatic amines is 1. The Morgan fingerprint density at radius 1 is 1.09 bits per heavy atom. The number of nitrogens with zero attached hydrogens (tertiary/aromatic N) is 2. The largest absolute Gasteiger partial charge is 0.379 e. The number of nitrogens with two attached hydrogens (primary N) is 1. The van der Waals surface area contributed by atoms with Crippen molar-refractivity contribution in [2.45, 2.75) is 11.4 Å². The number of aromatic nitrogens is 2. The first-order valence-electron chi connectivity index (χ1n) is 10.5. The number of pyridine rings is 1. The molecule has 5 rings (SSSR count). The van der Waals surface area contributed by atoms with Gasteiger partial charge in [-0.15, -0.1) is 0 Å². The van der Waals surface area contributed by atoms with E-state index in [9.17, 15) is 13.2 Å². The maximum atomic E-state index is 13.1. The summed E-state index contributed by atoms with van der Waals surface area (Å²) in [4.78, 5) is 21.2. The quantitative estimate of drug-likeness (QED) is 0.401. The number of anilines is 1. The molecule has 0 unspecified atom stereocenters. The van der Waals surface area contributed by atoms with Gasteiger partial charge in [0.1, 0.15) is 0 Å². The van der Waals surface area contributed by atoms with Gasteiger partial charge in [-0.1, -0.05) is 12.1 Å². The number of hydrogen-bond acceptors (Lipinski definition) is 6. The Kier molecular flexibility index (Phi) is 5.49. The van der Waals surface area contributed by atoms with Crippen molar-refractivity contribution >= 4 is 43.4 Å². The first-order valence-corrected chi connectivity index (χ1v) is 12.0. The van der Waals surface area contributed by atoms with Crippen LogP contribution in [0.25, 0.3) is 21.8 Å². The van der Waals surface area contributed by atoms with Crippen LogP contribution in [0.5, 0.6) is 0 Å². The fraction of sp³-hybridized carbons (Fsp3) is 0.217. The van der Waals surface area contributed by atoms with Crippen molar-refractivity contribution in [3.63, 3.8) is 0 Å². The summed E-state index contributed by atoms with van der Waals surface area (Å²) in [5.74, 6) is -0.654. The lowest BCUT2D eigenvalue weighted by Crippen LogP contribution is -2.35. The van der Waals surface area contributed by atoms with Crippen molar-refractivity contribution < 1.29 is 17.9 Å². The van der Waals surface area contributed by atoms with Crippen molar-refractivity contribution in [1.29, 1.82) is 0 Å². The van der Waals surface area contributed by atoms with E-state index in [1.54, 1.807) is 30.3 Å². The normalized spacial score (nSPS) is 15.2. The van der Waals surface area contributed by atoms with Gasteiger partial charge in [0.2, 0.25) is 0 Å². The zero-order valence-electron chi connectivity index (χ0n) is 17.7. The summed E-state index contributed by atoms with van der Waals surface area (Å²) < 4.78 is 34.1. The number of primary amides is 1. The van der Waals surface area contributed by atoms with Gasteiger partial charge in [-0.25, -0.2) is 13.4 Å². The molecule has 33 heavy (non-hydrogen) atoms. The summed E-state index contributed by atoms with van der Waals surface area (Å²) >= 11 is 0. The van der Waals surface area contributed by atoms with Crippen LogP contribution in [0.1, 0.15) is 16.1 Å². The zero-order chi connectivity index (χ0) is 23.0. The molecule has 3 heterocycles. The molecular formula is C23H23N5O4S. The number of amides is 1. The van der Waals surface area contributed by atoms with Crippen LogP contribution in [0.3, 0.4) is 0 Å². The molecule has 1 aliphatic heterocycles. The molecule has 1 amide bonds. The first-order chi connectivity index (χ1) is 15.9. The third-order valence-corrected chi connectivity index (χ3v) is 7.13. The molecule has 0 atom stereocenters. The number of nitrogens with one attached hydrogen (secondary N) is 2. The van der Waals surface area contributed by atoms with Crippen LogP contribution in [-0.2, 0) is 21.3 Å². The maximum absolute atomic E-state index is 13.1. The lowest BCUT2D eigenvalue weighted by Gasteiger charge is -2.26. The van der Waals surface area contributed by atoms with Crippen molar-refractivity contribution in [1.82, 2.24) is 14.9 Å². The highest BCUT2D eigenvalue weighted by Crippen LogP contribution is 2.29. The van der Waals surface area contributed by atoms with Crippen LogP contribution in [0.15, 0.2) is 59.6 Å². The van der Waals surface area contributed by atoms with E-state index in [0.29, 0.717) is 27.5 Å². The minimum atomic E-state index is -3.82. The topological polar surface area (TPSA) is 130 Å².